The monoisotopic (exact) mass is 356 g/mol. The first-order chi connectivity index (χ1) is 12.6. The van der Waals surface area contributed by atoms with Crippen molar-refractivity contribution in [2.75, 3.05) is 5.32 Å². The van der Waals surface area contributed by atoms with Gasteiger partial charge in [0.15, 0.2) is 12.3 Å². The third-order valence-corrected chi connectivity index (χ3v) is 3.01. The van der Waals surface area contributed by atoms with Gasteiger partial charge in [0.1, 0.15) is 5.82 Å². The molecule has 11 heteroatoms. The quantitative estimate of drug-likeness (QED) is 0.439. The van der Waals surface area contributed by atoms with E-state index in [-0.39, 0.29) is 24.0 Å². The first kappa shape index (κ1) is 16.8. The molecule has 0 unspecified atom stereocenters. The highest BCUT2D eigenvalue weighted by Gasteiger charge is 2.14. The summed E-state index contributed by atoms with van der Waals surface area (Å²) in [6.45, 7) is -0.0407. The second-order valence-electron chi connectivity index (χ2n) is 4.84. The fourth-order valence-electron chi connectivity index (χ4n) is 1.97. The molecule has 0 bridgehead atoms. The number of aromatic amines is 1. The van der Waals surface area contributed by atoms with E-state index in [1.807, 2.05) is 0 Å². The third kappa shape index (κ3) is 4.29. The largest absolute Gasteiger partial charge is 0.465 e. The SMILES string of the molecule is O=C(O)Nc1cccc(CO/N=C(/c2cccnc2)c2noc(=O)[nH]2)n1. The lowest BCUT2D eigenvalue weighted by Gasteiger charge is -2.05. The number of oxime groups is 1. The van der Waals surface area contributed by atoms with Crippen molar-refractivity contribution < 1.29 is 19.3 Å². The highest BCUT2D eigenvalue weighted by atomic mass is 16.6. The predicted molar refractivity (Wildman–Crippen MR) is 87.7 cm³/mol. The Morgan fingerprint density at radius 1 is 1.35 bits per heavy atom. The van der Waals surface area contributed by atoms with Crippen LogP contribution in [0, 0.1) is 0 Å². The van der Waals surface area contributed by atoms with Crippen LogP contribution in [0.25, 0.3) is 0 Å². The van der Waals surface area contributed by atoms with Gasteiger partial charge in [0.05, 0.1) is 5.69 Å². The van der Waals surface area contributed by atoms with Crippen LogP contribution < -0.4 is 11.1 Å². The molecule has 0 aromatic carbocycles. The molecular formula is C15H12N6O5. The highest BCUT2D eigenvalue weighted by Crippen LogP contribution is 2.09. The molecule has 11 nitrogen and oxygen atoms in total. The molecule has 0 fully saturated rings. The molecule has 3 aromatic heterocycles. The Labute approximate surface area is 145 Å². The average molecular weight is 356 g/mol. The van der Waals surface area contributed by atoms with Crippen LogP contribution in [0.5, 0.6) is 0 Å². The molecule has 0 atom stereocenters. The molecule has 0 spiro atoms. The molecule has 3 N–H and O–H groups in total. The minimum Gasteiger partial charge on any atom is -0.465 e. The van der Waals surface area contributed by atoms with Gasteiger partial charge in [-0.05, 0) is 24.3 Å². The minimum atomic E-state index is -1.22. The Kier molecular flexibility index (Phi) is 4.98. The molecule has 1 amide bonds. The van der Waals surface area contributed by atoms with Crippen LogP contribution >= 0.6 is 0 Å². The number of anilines is 1. The van der Waals surface area contributed by atoms with Gasteiger partial charge in [0.2, 0.25) is 5.82 Å². The van der Waals surface area contributed by atoms with Crippen LogP contribution in [0.1, 0.15) is 17.1 Å². The van der Waals surface area contributed by atoms with E-state index >= 15 is 0 Å². The number of hydrogen-bond donors (Lipinski definition) is 3. The highest BCUT2D eigenvalue weighted by molar-refractivity contribution is 6.09. The summed E-state index contributed by atoms with van der Waals surface area (Å²) in [5.41, 5.74) is 1.20. The predicted octanol–water partition coefficient (Wildman–Crippen LogP) is 1.21. The number of nitrogens with zero attached hydrogens (tertiary/aromatic N) is 4. The van der Waals surface area contributed by atoms with Gasteiger partial charge in [-0.15, -0.1) is 0 Å². The molecule has 0 saturated heterocycles. The second kappa shape index (κ2) is 7.70. The summed E-state index contributed by atoms with van der Waals surface area (Å²) in [6, 6.07) is 8.16. The number of H-pyrrole nitrogens is 1. The fourth-order valence-corrected chi connectivity index (χ4v) is 1.97. The Balaban J connectivity index is 1.79. The number of pyridine rings is 2. The lowest BCUT2D eigenvalue weighted by Crippen LogP contribution is -2.10. The van der Waals surface area contributed by atoms with E-state index < -0.39 is 11.8 Å². The standard InChI is InChI=1S/C15H12N6O5/c22-14(23)18-11-5-1-4-10(17-11)8-25-20-12(9-3-2-6-16-7-9)13-19-15(24)26-21-13/h1-7H,8H2,(H,17,18)(H,22,23)(H,19,21,24)/b20-12-. The van der Waals surface area contributed by atoms with Crippen molar-refractivity contribution in [2.24, 2.45) is 5.16 Å². The number of rotatable bonds is 6. The fraction of sp³-hybridized carbons (Fsp3) is 0.0667. The zero-order valence-corrected chi connectivity index (χ0v) is 13.1. The van der Waals surface area contributed by atoms with Crippen molar-refractivity contribution in [3.8, 4) is 0 Å². The van der Waals surface area contributed by atoms with Gasteiger partial charge in [-0.2, -0.15) is 0 Å². The molecule has 132 valence electrons. The van der Waals surface area contributed by atoms with Crippen LogP contribution in [0.3, 0.4) is 0 Å². The van der Waals surface area contributed by atoms with Crippen molar-refractivity contribution in [1.82, 2.24) is 20.1 Å². The van der Waals surface area contributed by atoms with Crippen LogP contribution in [-0.2, 0) is 11.4 Å². The summed E-state index contributed by atoms with van der Waals surface area (Å²) in [5, 5.41) is 18.4. The lowest BCUT2D eigenvalue weighted by molar-refractivity contribution is 0.128. The second-order valence-corrected chi connectivity index (χ2v) is 4.84. The number of carboxylic acid groups (broad SMARTS) is 1. The first-order valence-corrected chi connectivity index (χ1v) is 7.24. The van der Waals surface area contributed by atoms with Gasteiger partial charge in [0.25, 0.3) is 0 Å². The summed E-state index contributed by atoms with van der Waals surface area (Å²) < 4.78 is 4.49. The summed E-state index contributed by atoms with van der Waals surface area (Å²) in [6.07, 6.45) is 1.88. The molecule has 0 saturated carbocycles. The maximum absolute atomic E-state index is 11.2. The van der Waals surface area contributed by atoms with Crippen molar-refractivity contribution in [1.29, 1.82) is 0 Å². The summed E-state index contributed by atoms with van der Waals surface area (Å²) in [4.78, 5) is 37.5. The van der Waals surface area contributed by atoms with E-state index in [2.05, 4.69) is 35.1 Å². The maximum Gasteiger partial charge on any atom is 0.439 e. The van der Waals surface area contributed by atoms with Crippen LogP contribution in [0.15, 0.2) is 57.2 Å². The van der Waals surface area contributed by atoms with Gasteiger partial charge in [-0.1, -0.05) is 16.4 Å². The number of hydrogen-bond acceptors (Lipinski definition) is 8. The van der Waals surface area contributed by atoms with E-state index in [9.17, 15) is 9.59 Å². The number of aromatic nitrogens is 4. The van der Waals surface area contributed by atoms with Gasteiger partial charge in [-0.25, -0.2) is 14.6 Å². The van der Waals surface area contributed by atoms with Gasteiger partial charge >= 0.3 is 11.8 Å². The van der Waals surface area contributed by atoms with E-state index in [1.165, 1.54) is 12.3 Å². The average Bonchev–Trinajstić information content (AvgIpc) is 3.05. The lowest BCUT2D eigenvalue weighted by atomic mass is 10.2. The number of amides is 1. The third-order valence-electron chi connectivity index (χ3n) is 3.01. The van der Waals surface area contributed by atoms with Crippen LogP contribution in [-0.4, -0.2) is 37.0 Å². The zero-order chi connectivity index (χ0) is 18.4. The molecular weight excluding hydrogens is 344 g/mol. The summed E-state index contributed by atoms with van der Waals surface area (Å²) in [5.74, 6) is -0.487. The van der Waals surface area contributed by atoms with E-state index in [4.69, 9.17) is 9.94 Å². The summed E-state index contributed by atoms with van der Waals surface area (Å²) in [7, 11) is 0. The van der Waals surface area contributed by atoms with E-state index in [1.54, 1.807) is 30.5 Å². The molecule has 3 aromatic rings. The van der Waals surface area contributed by atoms with Gasteiger partial charge in [0, 0.05) is 18.0 Å². The normalized spacial score (nSPS) is 11.2. The zero-order valence-electron chi connectivity index (χ0n) is 13.1. The Morgan fingerprint density at radius 2 is 2.23 bits per heavy atom. The first-order valence-electron chi connectivity index (χ1n) is 7.24. The molecule has 0 radical (unpaired) electrons. The van der Waals surface area contributed by atoms with Crippen molar-refractivity contribution in [2.45, 2.75) is 6.61 Å². The number of nitrogens with one attached hydrogen (secondary N) is 2. The maximum atomic E-state index is 11.2. The van der Waals surface area contributed by atoms with Crippen LogP contribution in [0.4, 0.5) is 10.6 Å². The van der Waals surface area contributed by atoms with Crippen molar-refractivity contribution in [3.63, 3.8) is 0 Å². The van der Waals surface area contributed by atoms with Gasteiger partial charge in [-0.3, -0.25) is 19.8 Å². The Morgan fingerprint density at radius 3 is 2.92 bits per heavy atom. The van der Waals surface area contributed by atoms with Crippen LogP contribution in [0.2, 0.25) is 0 Å². The number of carbonyl (C=O) groups is 1. The minimum absolute atomic E-state index is 0.0407. The smallest absolute Gasteiger partial charge is 0.439 e. The van der Waals surface area contributed by atoms with Crippen molar-refractivity contribution >= 4 is 17.6 Å². The van der Waals surface area contributed by atoms with Crippen molar-refractivity contribution in [3.05, 3.63) is 70.4 Å². The molecule has 0 aliphatic rings. The van der Waals surface area contributed by atoms with E-state index in [0.717, 1.165) is 0 Å². The Hall–Kier alpha value is -4.02. The molecule has 3 rings (SSSR count). The summed E-state index contributed by atoms with van der Waals surface area (Å²) >= 11 is 0. The van der Waals surface area contributed by atoms with Gasteiger partial charge < -0.3 is 9.94 Å². The molecule has 3 heterocycles. The van der Waals surface area contributed by atoms with E-state index in [0.29, 0.717) is 11.3 Å². The molecule has 26 heavy (non-hydrogen) atoms. The molecule has 0 aliphatic carbocycles. The topological polar surface area (TPSA) is 156 Å². The Bertz CT molecular complexity index is 981. The molecule has 0 aliphatic heterocycles.